The van der Waals surface area contributed by atoms with Gasteiger partial charge in [-0.3, -0.25) is 9.59 Å². The summed E-state index contributed by atoms with van der Waals surface area (Å²) in [6.07, 6.45) is 5.88. The Bertz CT molecular complexity index is 1170. The third kappa shape index (κ3) is 9.11. The predicted octanol–water partition coefficient (Wildman–Crippen LogP) is 8.73. The minimum atomic E-state index is -1.14. The fourth-order valence-corrected chi connectivity index (χ4v) is 4.84. The number of methoxy groups -OCH3 is 1. The summed E-state index contributed by atoms with van der Waals surface area (Å²) in [5.74, 6) is 1.46. The summed E-state index contributed by atoms with van der Waals surface area (Å²) in [4.78, 5) is 27.0. The topological polar surface area (TPSA) is 71.1 Å². The van der Waals surface area contributed by atoms with E-state index in [1.807, 2.05) is 55.5 Å². The van der Waals surface area contributed by atoms with Crippen molar-refractivity contribution in [1.29, 1.82) is 0 Å². The van der Waals surface area contributed by atoms with Gasteiger partial charge in [0.25, 0.3) is 0 Å². The van der Waals surface area contributed by atoms with E-state index >= 15 is 0 Å². The molecule has 1 atom stereocenters. The molecule has 0 aromatic heterocycles. The number of para-hydroxylation sites is 1. The third-order valence-electron chi connectivity index (χ3n) is 7.20. The molecule has 6 nitrogen and oxygen atoms in total. The Morgan fingerprint density at radius 1 is 0.902 bits per heavy atom. The number of carbonyl (C=O) groups is 2. The van der Waals surface area contributed by atoms with Gasteiger partial charge in [-0.1, -0.05) is 77.5 Å². The molecule has 2 aromatic rings. The van der Waals surface area contributed by atoms with Gasteiger partial charge in [0.15, 0.2) is 11.5 Å². The van der Waals surface area contributed by atoms with Crippen LogP contribution in [0, 0.1) is 10.8 Å². The molecular weight excluding hydrogens is 516 g/mol. The molecule has 1 unspecified atom stereocenters. The zero-order chi connectivity index (χ0) is 30.8. The molecule has 2 aromatic carbocycles. The number of benzene rings is 2. The van der Waals surface area contributed by atoms with Crippen molar-refractivity contribution in [3.8, 4) is 17.2 Å². The first-order valence-corrected chi connectivity index (χ1v) is 14.8. The Labute approximate surface area is 247 Å². The van der Waals surface area contributed by atoms with Crippen LogP contribution in [0.2, 0.25) is 0 Å². The van der Waals surface area contributed by atoms with Gasteiger partial charge < -0.3 is 18.9 Å². The number of ether oxygens (including phenoxy) is 4. The molecule has 41 heavy (non-hydrogen) atoms. The highest BCUT2D eigenvalue weighted by atomic mass is 16.5. The van der Waals surface area contributed by atoms with Crippen molar-refractivity contribution in [3.63, 3.8) is 0 Å². The fourth-order valence-electron chi connectivity index (χ4n) is 4.84. The molecule has 0 bridgehead atoms. The second kappa shape index (κ2) is 15.1. The molecule has 2 rings (SSSR count). The lowest BCUT2D eigenvalue weighted by molar-refractivity contribution is -0.157. The van der Waals surface area contributed by atoms with E-state index < -0.39 is 16.8 Å². The Morgan fingerprint density at radius 2 is 1.54 bits per heavy atom. The molecule has 0 aliphatic rings. The molecule has 0 amide bonds. The van der Waals surface area contributed by atoms with Gasteiger partial charge in [-0.05, 0) is 81.2 Å². The van der Waals surface area contributed by atoms with Crippen LogP contribution in [0.25, 0.3) is 6.08 Å². The first kappa shape index (κ1) is 33.9. The lowest BCUT2D eigenvalue weighted by Crippen LogP contribution is -2.39. The van der Waals surface area contributed by atoms with Crippen LogP contribution in [0.15, 0.2) is 42.5 Å². The first-order chi connectivity index (χ1) is 19.3. The maximum Gasteiger partial charge on any atom is 0.321 e. The molecule has 0 aliphatic heterocycles. The van der Waals surface area contributed by atoms with Crippen LogP contribution >= 0.6 is 0 Å². The van der Waals surface area contributed by atoms with E-state index in [9.17, 15) is 9.59 Å². The normalized spacial score (nSPS) is 13.4. The fraction of sp³-hybridized carbons (Fsp3) is 0.543. The summed E-state index contributed by atoms with van der Waals surface area (Å²) in [5.41, 5.74) is 0.725. The predicted molar refractivity (Wildman–Crippen MR) is 166 cm³/mol. The minimum absolute atomic E-state index is 0.166. The molecule has 0 spiro atoms. The monoisotopic (exact) mass is 566 g/mol. The van der Waals surface area contributed by atoms with Gasteiger partial charge in [-0.2, -0.15) is 0 Å². The first-order valence-electron chi connectivity index (χ1n) is 14.8. The van der Waals surface area contributed by atoms with Crippen molar-refractivity contribution in [3.05, 3.63) is 59.2 Å². The van der Waals surface area contributed by atoms with Crippen LogP contribution in [-0.2, 0) is 14.3 Å². The van der Waals surface area contributed by atoms with E-state index in [-0.39, 0.29) is 30.8 Å². The summed E-state index contributed by atoms with van der Waals surface area (Å²) in [6, 6.07) is 11.7. The Balaban J connectivity index is 2.56. The number of carbonyl (C=O) groups excluding carboxylic acids is 2. The average Bonchev–Trinajstić information content (AvgIpc) is 2.91. The molecule has 0 fully saturated rings. The van der Waals surface area contributed by atoms with Gasteiger partial charge in [0, 0.05) is 0 Å². The molecule has 0 heterocycles. The lowest BCUT2D eigenvalue weighted by atomic mass is 9.73. The zero-order valence-electron chi connectivity index (χ0n) is 26.8. The lowest BCUT2D eigenvalue weighted by Gasteiger charge is -2.33. The van der Waals surface area contributed by atoms with Crippen molar-refractivity contribution in [2.75, 3.05) is 20.3 Å². The van der Waals surface area contributed by atoms with Crippen LogP contribution in [0.1, 0.15) is 110 Å². The van der Waals surface area contributed by atoms with Crippen LogP contribution < -0.4 is 14.2 Å². The van der Waals surface area contributed by atoms with Crippen LogP contribution in [0.5, 0.6) is 17.2 Å². The molecule has 0 N–H and O–H groups in total. The summed E-state index contributed by atoms with van der Waals surface area (Å²) in [7, 11) is 1.61. The second-order valence-corrected chi connectivity index (χ2v) is 12.1. The highest BCUT2D eigenvalue weighted by Gasteiger charge is 2.43. The van der Waals surface area contributed by atoms with E-state index in [1.54, 1.807) is 27.9 Å². The van der Waals surface area contributed by atoms with E-state index in [2.05, 4.69) is 34.6 Å². The smallest absolute Gasteiger partial charge is 0.321 e. The van der Waals surface area contributed by atoms with Gasteiger partial charge in [0.2, 0.25) is 0 Å². The molecule has 0 saturated heterocycles. The quantitative estimate of drug-likeness (QED) is 0.122. The number of hydrogen-bond acceptors (Lipinski definition) is 6. The van der Waals surface area contributed by atoms with E-state index in [0.29, 0.717) is 23.9 Å². The summed E-state index contributed by atoms with van der Waals surface area (Å²) >= 11 is 0. The maximum atomic E-state index is 14.1. The molecular formula is C35H50O6. The molecule has 0 radical (unpaired) electrons. The van der Waals surface area contributed by atoms with Crippen molar-refractivity contribution in [1.82, 2.24) is 0 Å². The Kier molecular flexibility index (Phi) is 12.5. The molecule has 226 valence electrons. The van der Waals surface area contributed by atoms with Gasteiger partial charge in [-0.15, -0.1) is 0 Å². The summed E-state index contributed by atoms with van der Waals surface area (Å²) in [5, 5.41) is 0. The van der Waals surface area contributed by atoms with Crippen molar-refractivity contribution in [2.45, 2.75) is 93.4 Å². The van der Waals surface area contributed by atoms with Gasteiger partial charge in [0.05, 0.1) is 31.2 Å². The summed E-state index contributed by atoms with van der Waals surface area (Å²) < 4.78 is 23.1. The highest BCUT2D eigenvalue weighted by molar-refractivity contribution is 5.85. The van der Waals surface area contributed by atoms with E-state index in [4.69, 9.17) is 18.9 Å². The SMILES string of the molecule is CCCCOc1cc(/C=C/C(C)(CC(C)(C)C(=O)OCC)C(=O)Oc2c(C(C)C)cccc2C(C)C)ccc1OC. The van der Waals surface area contributed by atoms with Crippen molar-refractivity contribution < 1.29 is 28.5 Å². The maximum absolute atomic E-state index is 14.1. The van der Waals surface area contributed by atoms with Crippen LogP contribution in [0.4, 0.5) is 0 Å². The Morgan fingerprint density at radius 3 is 2.07 bits per heavy atom. The number of rotatable bonds is 15. The minimum Gasteiger partial charge on any atom is -0.493 e. The van der Waals surface area contributed by atoms with Gasteiger partial charge >= 0.3 is 11.9 Å². The van der Waals surface area contributed by atoms with Crippen molar-refractivity contribution >= 4 is 18.0 Å². The standard InChI is InChI=1S/C35H50O6/c1-11-13-21-40-30-22-26(17-18-29(30)38-10)19-20-35(9,23-34(7,8)32(36)39-12-2)33(37)41-31-27(24(3)4)15-14-16-28(31)25(5)6/h14-20,22,24-25H,11-13,21,23H2,1-10H3/b20-19+. The third-order valence-corrected chi connectivity index (χ3v) is 7.20. The van der Waals surface area contributed by atoms with Crippen LogP contribution in [-0.4, -0.2) is 32.3 Å². The molecule has 6 heteroatoms. The molecule has 0 saturated carbocycles. The molecule has 0 aliphatic carbocycles. The van der Waals surface area contributed by atoms with E-state index in [0.717, 1.165) is 29.5 Å². The van der Waals surface area contributed by atoms with Gasteiger partial charge in [-0.25, -0.2) is 0 Å². The summed E-state index contributed by atoms with van der Waals surface area (Å²) in [6.45, 7) is 18.5. The number of unbranched alkanes of at least 4 members (excludes halogenated alkanes) is 1. The average molecular weight is 567 g/mol. The second-order valence-electron chi connectivity index (χ2n) is 12.1. The van der Waals surface area contributed by atoms with Crippen LogP contribution in [0.3, 0.4) is 0 Å². The highest BCUT2D eigenvalue weighted by Crippen LogP contribution is 2.41. The Hall–Kier alpha value is -3.28. The van der Waals surface area contributed by atoms with E-state index in [1.165, 1.54) is 0 Å². The largest absolute Gasteiger partial charge is 0.493 e. The number of hydrogen-bond donors (Lipinski definition) is 0. The van der Waals surface area contributed by atoms with Crippen molar-refractivity contribution in [2.24, 2.45) is 10.8 Å². The zero-order valence-corrected chi connectivity index (χ0v) is 26.8. The van der Waals surface area contributed by atoms with Gasteiger partial charge in [0.1, 0.15) is 5.75 Å². The number of esters is 2.